The molecule has 6 N–H and O–H groups in total. The number of phenols is 6. The van der Waals surface area contributed by atoms with Crippen LogP contribution in [0.15, 0.2) is 101 Å². The molecule has 0 spiro atoms. The van der Waals surface area contributed by atoms with E-state index in [1.807, 2.05) is 66.7 Å². The van der Waals surface area contributed by atoms with Crippen molar-refractivity contribution in [3.63, 3.8) is 0 Å². The van der Waals surface area contributed by atoms with Crippen LogP contribution in [0, 0.1) is 0 Å². The topological polar surface area (TPSA) is 135 Å². The molecular formula is C38H22B2O7. The molecule has 47 heavy (non-hydrogen) atoms. The molecule has 4 radical (unpaired) electrons. The summed E-state index contributed by atoms with van der Waals surface area (Å²) in [6, 6.07) is 29.4. The van der Waals surface area contributed by atoms with E-state index in [-0.39, 0.29) is 43.6 Å². The van der Waals surface area contributed by atoms with Crippen molar-refractivity contribution in [2.45, 2.75) is 0 Å². The number of hydrogen-bond donors (Lipinski definition) is 6. The molecule has 0 unspecified atom stereocenters. The van der Waals surface area contributed by atoms with Crippen molar-refractivity contribution >= 4 is 70.1 Å². The molecule has 0 atom stereocenters. The summed E-state index contributed by atoms with van der Waals surface area (Å²) in [7, 11) is 12.5. The fraction of sp³-hybridized carbons (Fsp3) is 0. The number of phenolic OH excluding ortho intramolecular Hbond substituents is 6. The average molecular weight is 612 g/mol. The van der Waals surface area contributed by atoms with E-state index < -0.39 is 34.5 Å². The predicted molar refractivity (Wildman–Crippen MR) is 186 cm³/mol. The maximum Gasteiger partial charge on any atom is 0.204 e. The van der Waals surface area contributed by atoms with E-state index in [9.17, 15) is 30.6 Å². The zero-order chi connectivity index (χ0) is 32.7. The van der Waals surface area contributed by atoms with E-state index in [0.717, 1.165) is 16.5 Å². The molecule has 222 valence electrons. The van der Waals surface area contributed by atoms with Gasteiger partial charge in [-0.2, -0.15) is 0 Å². The molecule has 0 saturated carbocycles. The van der Waals surface area contributed by atoms with Crippen molar-refractivity contribution in [3.05, 3.63) is 97.1 Å². The van der Waals surface area contributed by atoms with Crippen LogP contribution in [0.3, 0.4) is 0 Å². The van der Waals surface area contributed by atoms with Gasteiger partial charge in [0.25, 0.3) is 0 Å². The molecule has 0 amide bonds. The number of rotatable bonds is 3. The summed E-state index contributed by atoms with van der Waals surface area (Å²) in [5.41, 5.74) is 3.50. The Hall–Kier alpha value is -6.21. The van der Waals surface area contributed by atoms with Crippen molar-refractivity contribution in [3.8, 4) is 67.9 Å². The summed E-state index contributed by atoms with van der Waals surface area (Å²) in [6.07, 6.45) is 0. The Morgan fingerprint density at radius 1 is 0.383 bits per heavy atom. The van der Waals surface area contributed by atoms with Gasteiger partial charge in [0, 0.05) is 43.4 Å². The van der Waals surface area contributed by atoms with Crippen molar-refractivity contribution in [2.75, 3.05) is 0 Å². The van der Waals surface area contributed by atoms with Crippen LogP contribution in [0.25, 0.3) is 76.9 Å². The van der Waals surface area contributed by atoms with Crippen LogP contribution in [0.1, 0.15) is 0 Å². The van der Waals surface area contributed by atoms with Crippen LogP contribution >= 0.6 is 0 Å². The monoisotopic (exact) mass is 612 g/mol. The minimum atomic E-state index is -0.969. The van der Waals surface area contributed by atoms with Crippen LogP contribution in [-0.4, -0.2) is 46.3 Å². The zero-order valence-corrected chi connectivity index (χ0v) is 24.5. The largest absolute Gasteiger partial charge is 0.508 e. The first-order valence-corrected chi connectivity index (χ1v) is 14.6. The third-order valence-corrected chi connectivity index (χ3v) is 8.87. The highest BCUT2D eigenvalue weighted by Gasteiger charge is 2.31. The maximum atomic E-state index is 11.7. The third-order valence-electron chi connectivity index (χ3n) is 8.87. The fourth-order valence-electron chi connectivity index (χ4n) is 6.60. The van der Waals surface area contributed by atoms with Crippen LogP contribution in [0.2, 0.25) is 0 Å². The summed E-state index contributed by atoms with van der Waals surface area (Å²) >= 11 is 0. The lowest BCUT2D eigenvalue weighted by Gasteiger charge is -2.23. The molecular weight excluding hydrogens is 590 g/mol. The number of aromatic hydroxyl groups is 6. The second kappa shape index (κ2) is 10.2. The molecule has 0 aliphatic rings. The normalized spacial score (nSPS) is 11.7. The third kappa shape index (κ3) is 3.96. The first kappa shape index (κ1) is 28.3. The van der Waals surface area contributed by atoms with Gasteiger partial charge in [-0.1, -0.05) is 89.8 Å². The summed E-state index contributed by atoms with van der Waals surface area (Å²) in [5.74, 6) is -4.43. The van der Waals surface area contributed by atoms with Gasteiger partial charge < -0.3 is 35.1 Å². The Kier molecular flexibility index (Phi) is 6.11. The van der Waals surface area contributed by atoms with Gasteiger partial charge >= 0.3 is 0 Å². The number of para-hydroxylation sites is 1. The maximum absolute atomic E-state index is 11.7. The van der Waals surface area contributed by atoms with Crippen molar-refractivity contribution in [2.24, 2.45) is 0 Å². The standard InChI is InChI=1S/C38H22B2O7/c39-31-32(40)34(42)28-26(20-14-15-24-22(16-20)21-8-4-5-9-23(21)47-24)30-29(35(43)37(45)38(46)36(30)44)25(27(28)33(31)41)19-12-10-18(11-13-19)17-6-2-1-3-7-17/h1-16,41-46H. The van der Waals surface area contributed by atoms with Gasteiger partial charge in [-0.05, 0) is 40.5 Å². The van der Waals surface area contributed by atoms with Crippen LogP contribution < -0.4 is 10.9 Å². The van der Waals surface area contributed by atoms with Gasteiger partial charge in [0.2, 0.25) is 11.5 Å². The van der Waals surface area contributed by atoms with Crippen LogP contribution in [-0.2, 0) is 0 Å². The first-order chi connectivity index (χ1) is 22.7. The van der Waals surface area contributed by atoms with Gasteiger partial charge in [0.05, 0.1) is 0 Å². The van der Waals surface area contributed by atoms with Gasteiger partial charge in [-0.25, -0.2) is 0 Å². The molecule has 9 heteroatoms. The lowest BCUT2D eigenvalue weighted by atomic mass is 9.74. The van der Waals surface area contributed by atoms with Crippen LogP contribution in [0.4, 0.5) is 0 Å². The second-order valence-electron chi connectivity index (χ2n) is 11.4. The van der Waals surface area contributed by atoms with Gasteiger partial charge in [-0.3, -0.25) is 0 Å². The molecule has 8 rings (SSSR count). The van der Waals surface area contributed by atoms with Crippen molar-refractivity contribution < 1.29 is 35.1 Å². The van der Waals surface area contributed by atoms with Crippen LogP contribution in [0.5, 0.6) is 34.5 Å². The smallest absolute Gasteiger partial charge is 0.204 e. The molecule has 8 aromatic rings. The predicted octanol–water partition coefficient (Wildman–Crippen LogP) is 6.71. The minimum Gasteiger partial charge on any atom is -0.508 e. The summed E-state index contributed by atoms with van der Waals surface area (Å²) in [6.45, 7) is 0. The Morgan fingerprint density at radius 2 is 0.830 bits per heavy atom. The van der Waals surface area contributed by atoms with E-state index in [2.05, 4.69) is 0 Å². The number of benzene rings is 7. The van der Waals surface area contributed by atoms with E-state index in [4.69, 9.17) is 20.1 Å². The van der Waals surface area contributed by atoms with E-state index in [1.165, 1.54) is 0 Å². The quantitative estimate of drug-likeness (QED) is 0.0565. The van der Waals surface area contributed by atoms with Gasteiger partial charge in [-0.15, -0.1) is 0 Å². The zero-order valence-electron chi connectivity index (χ0n) is 24.5. The molecule has 1 aromatic heterocycles. The fourth-order valence-corrected chi connectivity index (χ4v) is 6.60. The average Bonchev–Trinajstić information content (AvgIpc) is 3.48. The van der Waals surface area contributed by atoms with Gasteiger partial charge in [0.1, 0.15) is 38.4 Å². The van der Waals surface area contributed by atoms with E-state index in [1.54, 1.807) is 30.3 Å². The summed E-state index contributed by atoms with van der Waals surface area (Å²) in [4.78, 5) is 0. The van der Waals surface area contributed by atoms with Gasteiger partial charge in [0.15, 0.2) is 11.5 Å². The minimum absolute atomic E-state index is 0.00102. The highest BCUT2D eigenvalue weighted by Crippen LogP contribution is 2.58. The molecule has 1 heterocycles. The van der Waals surface area contributed by atoms with Crippen molar-refractivity contribution in [1.29, 1.82) is 0 Å². The molecule has 7 aromatic carbocycles. The lowest BCUT2D eigenvalue weighted by molar-refractivity contribution is 0.351. The second-order valence-corrected chi connectivity index (χ2v) is 11.4. The summed E-state index contributed by atoms with van der Waals surface area (Å²) in [5, 5.41) is 69.2. The number of furan rings is 1. The Bertz CT molecular complexity index is 2510. The molecule has 0 fully saturated rings. The highest BCUT2D eigenvalue weighted by molar-refractivity contribution is 6.53. The molecule has 0 aliphatic carbocycles. The highest BCUT2D eigenvalue weighted by atomic mass is 16.3. The first-order valence-electron chi connectivity index (χ1n) is 14.6. The van der Waals surface area contributed by atoms with E-state index in [0.29, 0.717) is 27.7 Å². The van der Waals surface area contributed by atoms with E-state index >= 15 is 0 Å². The Morgan fingerprint density at radius 3 is 1.45 bits per heavy atom. The SMILES string of the molecule is [B]c1c([B])c(O)c2c(-c3ccc4oc5ccccc5c4c3)c3c(O)c(O)c(O)c(O)c3c(-c3ccc(-c4ccccc4)cc3)c2c1O. The molecule has 7 nitrogen and oxygen atoms in total. The van der Waals surface area contributed by atoms with Crippen molar-refractivity contribution in [1.82, 2.24) is 0 Å². The summed E-state index contributed by atoms with van der Waals surface area (Å²) < 4.78 is 6.00. The molecule has 0 aliphatic heterocycles. The Balaban J connectivity index is 1.58. The molecule has 0 bridgehead atoms. The Labute approximate surface area is 269 Å². The lowest BCUT2D eigenvalue weighted by Crippen LogP contribution is -2.26. The molecule has 0 saturated heterocycles. The number of fused-ring (bicyclic) bond motifs is 5. The number of hydrogen-bond acceptors (Lipinski definition) is 7.